The van der Waals surface area contributed by atoms with E-state index in [4.69, 9.17) is 4.74 Å². The number of aliphatic hydroxyl groups is 1. The van der Waals surface area contributed by atoms with Crippen LogP contribution in [0.15, 0.2) is 0 Å². The summed E-state index contributed by atoms with van der Waals surface area (Å²) in [6.07, 6.45) is 0. The quantitative estimate of drug-likeness (QED) is 0.560. The highest BCUT2D eigenvalue weighted by atomic mass is 16.5. The van der Waals surface area contributed by atoms with Crippen LogP contribution in [0.1, 0.15) is 27.7 Å². The lowest BCUT2D eigenvalue weighted by Crippen LogP contribution is -2.30. The van der Waals surface area contributed by atoms with Crippen molar-refractivity contribution < 1.29 is 9.84 Å². The first kappa shape index (κ1) is 9.92. The van der Waals surface area contributed by atoms with E-state index in [1.165, 1.54) is 0 Å². The largest absolute Gasteiger partial charge is 0.387 e. The summed E-state index contributed by atoms with van der Waals surface area (Å²) in [6, 6.07) is 0. The molecule has 2 unspecified atom stereocenters. The van der Waals surface area contributed by atoms with Crippen LogP contribution in [0.5, 0.6) is 0 Å². The first-order valence-corrected chi connectivity index (χ1v) is 3.93. The van der Waals surface area contributed by atoms with Gasteiger partial charge in [-0.3, -0.25) is 0 Å². The molecule has 62 valence electrons. The van der Waals surface area contributed by atoms with Gasteiger partial charge in [-0.1, -0.05) is 20.8 Å². The maximum absolute atomic E-state index is 9.34. The lowest BCUT2D eigenvalue weighted by Gasteiger charge is -2.18. The molecule has 1 N–H and O–H groups in total. The Morgan fingerprint density at radius 1 is 1.50 bits per heavy atom. The fourth-order valence-electron chi connectivity index (χ4n) is 0.764. The SMILES string of the molecule is CC.CC1COCC1(C)O. The van der Waals surface area contributed by atoms with Gasteiger partial charge in [0.15, 0.2) is 0 Å². The Labute approximate surface area is 63.2 Å². The molecule has 1 saturated heterocycles. The van der Waals surface area contributed by atoms with Crippen LogP contribution in [-0.2, 0) is 4.74 Å². The molecule has 0 bridgehead atoms. The number of hydrogen-bond donors (Lipinski definition) is 1. The highest BCUT2D eigenvalue weighted by Crippen LogP contribution is 2.23. The third-order valence-corrected chi connectivity index (χ3v) is 1.82. The van der Waals surface area contributed by atoms with Crippen molar-refractivity contribution in [1.29, 1.82) is 0 Å². The fraction of sp³-hybridized carbons (Fsp3) is 1.00. The van der Waals surface area contributed by atoms with E-state index in [-0.39, 0.29) is 0 Å². The van der Waals surface area contributed by atoms with Crippen molar-refractivity contribution in [3.8, 4) is 0 Å². The van der Waals surface area contributed by atoms with Crippen molar-refractivity contribution in [2.75, 3.05) is 13.2 Å². The summed E-state index contributed by atoms with van der Waals surface area (Å²) in [4.78, 5) is 0. The highest BCUT2D eigenvalue weighted by molar-refractivity contribution is 4.83. The molecule has 0 aromatic carbocycles. The predicted molar refractivity (Wildman–Crippen MR) is 42.0 cm³/mol. The Morgan fingerprint density at radius 3 is 2.10 bits per heavy atom. The van der Waals surface area contributed by atoms with Crippen LogP contribution in [0.2, 0.25) is 0 Å². The highest BCUT2D eigenvalue weighted by Gasteiger charge is 2.34. The van der Waals surface area contributed by atoms with E-state index in [0.29, 0.717) is 19.1 Å². The van der Waals surface area contributed by atoms with Crippen molar-refractivity contribution >= 4 is 0 Å². The van der Waals surface area contributed by atoms with E-state index in [9.17, 15) is 5.11 Å². The first-order chi connectivity index (χ1) is 4.63. The Kier molecular flexibility index (Phi) is 3.91. The predicted octanol–water partition coefficient (Wildman–Crippen LogP) is 1.43. The van der Waals surface area contributed by atoms with E-state index in [0.717, 1.165) is 0 Å². The molecule has 0 aliphatic carbocycles. The monoisotopic (exact) mass is 146 g/mol. The minimum absolute atomic E-state index is 0.294. The topological polar surface area (TPSA) is 29.5 Å². The first-order valence-electron chi connectivity index (χ1n) is 3.93. The third kappa shape index (κ3) is 2.27. The fourth-order valence-corrected chi connectivity index (χ4v) is 0.764. The molecule has 0 spiro atoms. The molecule has 0 radical (unpaired) electrons. The number of ether oxygens (including phenoxy) is 1. The Hall–Kier alpha value is -0.0800. The molecular weight excluding hydrogens is 128 g/mol. The van der Waals surface area contributed by atoms with Crippen molar-refractivity contribution in [1.82, 2.24) is 0 Å². The molecule has 0 amide bonds. The maximum Gasteiger partial charge on any atom is 0.0899 e. The van der Waals surface area contributed by atoms with E-state index in [1.807, 2.05) is 27.7 Å². The molecule has 0 aromatic heterocycles. The van der Waals surface area contributed by atoms with Crippen molar-refractivity contribution in [2.24, 2.45) is 5.92 Å². The van der Waals surface area contributed by atoms with Crippen molar-refractivity contribution in [3.05, 3.63) is 0 Å². The average Bonchev–Trinajstić information content (AvgIpc) is 2.17. The zero-order valence-electron chi connectivity index (χ0n) is 7.35. The normalized spacial score (nSPS) is 38.7. The van der Waals surface area contributed by atoms with E-state index >= 15 is 0 Å². The van der Waals surface area contributed by atoms with Gasteiger partial charge < -0.3 is 9.84 Å². The van der Waals surface area contributed by atoms with Gasteiger partial charge in [-0.25, -0.2) is 0 Å². The molecule has 0 aromatic rings. The summed E-state index contributed by atoms with van der Waals surface area (Å²) in [6.45, 7) is 9.00. The van der Waals surface area contributed by atoms with Gasteiger partial charge in [-0.15, -0.1) is 0 Å². The molecule has 1 rings (SSSR count). The van der Waals surface area contributed by atoms with Gasteiger partial charge in [0.25, 0.3) is 0 Å². The summed E-state index contributed by atoms with van der Waals surface area (Å²) in [7, 11) is 0. The summed E-state index contributed by atoms with van der Waals surface area (Å²) < 4.78 is 5.02. The van der Waals surface area contributed by atoms with Crippen LogP contribution < -0.4 is 0 Å². The van der Waals surface area contributed by atoms with Gasteiger partial charge in [-0.05, 0) is 6.92 Å². The molecular formula is C8H18O2. The van der Waals surface area contributed by atoms with Crippen LogP contribution in [0.3, 0.4) is 0 Å². The summed E-state index contributed by atoms with van der Waals surface area (Å²) in [5, 5.41) is 9.34. The van der Waals surface area contributed by atoms with Crippen LogP contribution in [0, 0.1) is 5.92 Å². The van der Waals surface area contributed by atoms with Gasteiger partial charge in [0.05, 0.1) is 18.8 Å². The zero-order chi connectivity index (χ0) is 8.20. The van der Waals surface area contributed by atoms with Crippen LogP contribution in [0.4, 0.5) is 0 Å². The van der Waals surface area contributed by atoms with Gasteiger partial charge >= 0.3 is 0 Å². The van der Waals surface area contributed by atoms with Gasteiger partial charge in [0.1, 0.15) is 0 Å². The third-order valence-electron chi connectivity index (χ3n) is 1.82. The zero-order valence-corrected chi connectivity index (χ0v) is 7.35. The maximum atomic E-state index is 9.34. The second kappa shape index (κ2) is 3.94. The van der Waals surface area contributed by atoms with Crippen molar-refractivity contribution in [3.63, 3.8) is 0 Å². The Bertz CT molecular complexity index is 89.3. The van der Waals surface area contributed by atoms with Gasteiger partial charge in [-0.2, -0.15) is 0 Å². The summed E-state index contributed by atoms with van der Waals surface area (Å²) >= 11 is 0. The molecule has 2 nitrogen and oxygen atoms in total. The molecule has 1 aliphatic heterocycles. The second-order valence-corrected chi connectivity index (χ2v) is 2.77. The summed E-state index contributed by atoms with van der Waals surface area (Å²) in [5.74, 6) is 0.294. The van der Waals surface area contributed by atoms with E-state index in [1.54, 1.807) is 0 Å². The Balaban J connectivity index is 0.000000371. The second-order valence-electron chi connectivity index (χ2n) is 2.77. The minimum atomic E-state index is -0.569. The molecule has 2 atom stereocenters. The molecule has 0 saturated carbocycles. The summed E-state index contributed by atoms with van der Waals surface area (Å²) in [5.41, 5.74) is -0.569. The lowest BCUT2D eigenvalue weighted by molar-refractivity contribution is 0.0233. The average molecular weight is 146 g/mol. The molecule has 2 heteroatoms. The molecule has 1 fully saturated rings. The van der Waals surface area contributed by atoms with Crippen molar-refractivity contribution in [2.45, 2.75) is 33.3 Å². The number of hydrogen-bond acceptors (Lipinski definition) is 2. The van der Waals surface area contributed by atoms with E-state index < -0.39 is 5.60 Å². The van der Waals surface area contributed by atoms with Gasteiger partial charge in [0.2, 0.25) is 0 Å². The smallest absolute Gasteiger partial charge is 0.0899 e. The van der Waals surface area contributed by atoms with Crippen LogP contribution >= 0.6 is 0 Å². The standard InChI is InChI=1S/C6H12O2.C2H6/c1-5-3-8-4-6(5,2)7;1-2/h5,7H,3-4H2,1-2H3;1-2H3. The molecule has 1 heterocycles. The van der Waals surface area contributed by atoms with Crippen LogP contribution in [0.25, 0.3) is 0 Å². The van der Waals surface area contributed by atoms with Crippen LogP contribution in [-0.4, -0.2) is 23.9 Å². The molecule has 1 aliphatic rings. The molecule has 10 heavy (non-hydrogen) atoms. The van der Waals surface area contributed by atoms with E-state index in [2.05, 4.69) is 0 Å². The van der Waals surface area contributed by atoms with Gasteiger partial charge in [0, 0.05) is 5.92 Å². The Morgan fingerprint density at radius 2 is 2.00 bits per heavy atom. The minimum Gasteiger partial charge on any atom is -0.387 e. The lowest BCUT2D eigenvalue weighted by atomic mass is 9.95. The number of rotatable bonds is 0.